The predicted molar refractivity (Wildman–Crippen MR) is 59.5 cm³/mol. The highest BCUT2D eigenvalue weighted by Gasteiger charge is 2.18. The SMILES string of the molecule is COc1ccc2c(c1)nc1n2CCC(=O)N1. The van der Waals surface area contributed by atoms with Gasteiger partial charge in [0.15, 0.2) is 0 Å². The summed E-state index contributed by atoms with van der Waals surface area (Å²) in [5.74, 6) is 1.42. The van der Waals surface area contributed by atoms with Crippen LogP contribution in [0.25, 0.3) is 11.0 Å². The molecule has 1 amide bonds. The summed E-state index contributed by atoms with van der Waals surface area (Å²) < 4.78 is 7.15. The van der Waals surface area contributed by atoms with Crippen LogP contribution in [-0.2, 0) is 11.3 Å². The fourth-order valence-electron chi connectivity index (χ4n) is 1.96. The van der Waals surface area contributed by atoms with Gasteiger partial charge in [0.25, 0.3) is 0 Å². The van der Waals surface area contributed by atoms with Gasteiger partial charge in [-0.25, -0.2) is 4.98 Å². The summed E-state index contributed by atoms with van der Waals surface area (Å²) in [6, 6.07) is 5.72. The minimum atomic E-state index is 0.0229. The third-order valence-corrected chi connectivity index (χ3v) is 2.77. The standard InChI is InChI=1S/C11H11N3O2/c1-16-7-2-3-9-8(6-7)12-11-13-10(15)4-5-14(9)11/h2-3,6H,4-5H2,1H3,(H,12,13,15). The Morgan fingerprint density at radius 2 is 2.38 bits per heavy atom. The average Bonchev–Trinajstić information content (AvgIpc) is 2.64. The van der Waals surface area contributed by atoms with Crippen molar-refractivity contribution in [1.82, 2.24) is 9.55 Å². The average molecular weight is 217 g/mol. The van der Waals surface area contributed by atoms with E-state index >= 15 is 0 Å². The molecule has 0 bridgehead atoms. The van der Waals surface area contributed by atoms with Crippen molar-refractivity contribution in [3.05, 3.63) is 18.2 Å². The topological polar surface area (TPSA) is 56.2 Å². The van der Waals surface area contributed by atoms with E-state index < -0.39 is 0 Å². The highest BCUT2D eigenvalue weighted by Crippen LogP contribution is 2.26. The molecule has 16 heavy (non-hydrogen) atoms. The number of anilines is 1. The second-order valence-corrected chi connectivity index (χ2v) is 3.74. The van der Waals surface area contributed by atoms with Crippen LogP contribution in [0.2, 0.25) is 0 Å². The number of imidazole rings is 1. The van der Waals surface area contributed by atoms with Gasteiger partial charge in [0.2, 0.25) is 11.9 Å². The van der Waals surface area contributed by atoms with Crippen LogP contribution >= 0.6 is 0 Å². The number of carbonyl (C=O) groups is 1. The van der Waals surface area contributed by atoms with Crippen molar-refractivity contribution < 1.29 is 9.53 Å². The number of amides is 1. The van der Waals surface area contributed by atoms with E-state index in [1.54, 1.807) is 7.11 Å². The number of carbonyl (C=O) groups excluding carboxylic acids is 1. The second kappa shape index (κ2) is 3.23. The molecule has 5 heteroatoms. The van der Waals surface area contributed by atoms with Crippen LogP contribution in [0.1, 0.15) is 6.42 Å². The number of aromatic nitrogens is 2. The smallest absolute Gasteiger partial charge is 0.228 e. The summed E-state index contributed by atoms with van der Waals surface area (Å²) in [5, 5.41) is 2.76. The van der Waals surface area contributed by atoms with Gasteiger partial charge in [-0.3, -0.25) is 10.1 Å². The number of hydrogen-bond acceptors (Lipinski definition) is 3. The highest BCUT2D eigenvalue weighted by atomic mass is 16.5. The summed E-state index contributed by atoms with van der Waals surface area (Å²) in [6.07, 6.45) is 0.504. The van der Waals surface area contributed by atoms with Crippen molar-refractivity contribution >= 4 is 22.9 Å². The maximum Gasteiger partial charge on any atom is 0.228 e. The molecule has 82 valence electrons. The molecule has 1 aliphatic rings. The number of nitrogens with zero attached hydrogens (tertiary/aromatic N) is 2. The van der Waals surface area contributed by atoms with E-state index in [1.807, 2.05) is 22.8 Å². The highest BCUT2D eigenvalue weighted by molar-refractivity contribution is 5.93. The van der Waals surface area contributed by atoms with Gasteiger partial charge in [-0.05, 0) is 12.1 Å². The molecule has 0 unspecified atom stereocenters. The van der Waals surface area contributed by atoms with E-state index in [4.69, 9.17) is 4.74 Å². The third kappa shape index (κ3) is 1.25. The minimum absolute atomic E-state index is 0.0229. The van der Waals surface area contributed by atoms with Crippen molar-refractivity contribution in [2.45, 2.75) is 13.0 Å². The Bertz CT molecular complexity index is 574. The zero-order valence-electron chi connectivity index (χ0n) is 8.86. The van der Waals surface area contributed by atoms with Crippen LogP contribution < -0.4 is 10.1 Å². The number of hydrogen-bond donors (Lipinski definition) is 1. The maximum absolute atomic E-state index is 11.2. The van der Waals surface area contributed by atoms with E-state index in [0.717, 1.165) is 16.8 Å². The van der Waals surface area contributed by atoms with Gasteiger partial charge in [-0.2, -0.15) is 0 Å². The van der Waals surface area contributed by atoms with Crippen molar-refractivity contribution in [3.8, 4) is 5.75 Å². The summed E-state index contributed by atoms with van der Waals surface area (Å²) >= 11 is 0. The largest absolute Gasteiger partial charge is 0.497 e. The first-order valence-electron chi connectivity index (χ1n) is 5.12. The lowest BCUT2D eigenvalue weighted by atomic mass is 10.3. The molecule has 0 atom stereocenters. The molecule has 2 heterocycles. The van der Waals surface area contributed by atoms with Crippen LogP contribution in [0.5, 0.6) is 5.75 Å². The van der Waals surface area contributed by atoms with Gasteiger partial charge in [0.1, 0.15) is 5.75 Å². The van der Waals surface area contributed by atoms with Gasteiger partial charge in [-0.15, -0.1) is 0 Å². The Morgan fingerprint density at radius 3 is 3.19 bits per heavy atom. The maximum atomic E-state index is 11.2. The molecule has 0 saturated heterocycles. The molecule has 5 nitrogen and oxygen atoms in total. The Balaban J connectivity index is 2.20. The zero-order chi connectivity index (χ0) is 11.1. The van der Waals surface area contributed by atoms with Gasteiger partial charge >= 0.3 is 0 Å². The lowest BCUT2D eigenvalue weighted by Crippen LogP contribution is -2.23. The quantitative estimate of drug-likeness (QED) is 0.785. The first kappa shape index (κ1) is 9.21. The molecular formula is C11H11N3O2. The van der Waals surface area contributed by atoms with Gasteiger partial charge in [0.05, 0.1) is 18.1 Å². The monoisotopic (exact) mass is 217 g/mol. The summed E-state index contributed by atoms with van der Waals surface area (Å²) in [5.41, 5.74) is 1.87. The zero-order valence-corrected chi connectivity index (χ0v) is 8.86. The molecule has 0 saturated carbocycles. The van der Waals surface area contributed by atoms with E-state index in [-0.39, 0.29) is 5.91 Å². The molecule has 1 N–H and O–H groups in total. The molecule has 2 aromatic rings. The third-order valence-electron chi connectivity index (χ3n) is 2.77. The molecule has 0 aliphatic carbocycles. The van der Waals surface area contributed by atoms with E-state index in [9.17, 15) is 4.79 Å². The van der Waals surface area contributed by atoms with E-state index in [0.29, 0.717) is 18.9 Å². The van der Waals surface area contributed by atoms with Gasteiger partial charge in [0, 0.05) is 19.0 Å². The predicted octanol–water partition coefficient (Wildman–Crippen LogP) is 1.39. The first-order valence-corrected chi connectivity index (χ1v) is 5.12. The van der Waals surface area contributed by atoms with Gasteiger partial charge in [-0.1, -0.05) is 0 Å². The lowest BCUT2D eigenvalue weighted by Gasteiger charge is -2.14. The fraction of sp³-hybridized carbons (Fsp3) is 0.273. The summed E-state index contributed by atoms with van der Waals surface area (Å²) in [4.78, 5) is 15.6. The molecule has 0 radical (unpaired) electrons. The first-order chi connectivity index (χ1) is 7.78. The van der Waals surface area contributed by atoms with E-state index in [2.05, 4.69) is 10.3 Å². The number of ether oxygens (including phenoxy) is 1. The van der Waals surface area contributed by atoms with Crippen molar-refractivity contribution in [2.75, 3.05) is 12.4 Å². The normalized spacial score (nSPS) is 14.7. The van der Waals surface area contributed by atoms with Crippen molar-refractivity contribution in [1.29, 1.82) is 0 Å². The number of nitrogens with one attached hydrogen (secondary N) is 1. The molecule has 1 aromatic carbocycles. The van der Waals surface area contributed by atoms with E-state index in [1.165, 1.54) is 0 Å². The molecule has 0 fully saturated rings. The van der Waals surface area contributed by atoms with Crippen LogP contribution in [0, 0.1) is 0 Å². The molecule has 0 spiro atoms. The van der Waals surface area contributed by atoms with Crippen LogP contribution in [0.3, 0.4) is 0 Å². The minimum Gasteiger partial charge on any atom is -0.497 e. The van der Waals surface area contributed by atoms with Crippen molar-refractivity contribution in [3.63, 3.8) is 0 Å². The second-order valence-electron chi connectivity index (χ2n) is 3.74. The number of aryl methyl sites for hydroxylation is 1. The summed E-state index contributed by atoms with van der Waals surface area (Å²) in [7, 11) is 1.62. The lowest BCUT2D eigenvalue weighted by molar-refractivity contribution is -0.116. The number of rotatable bonds is 1. The Labute approximate surface area is 92.0 Å². The Kier molecular flexibility index (Phi) is 1.86. The van der Waals surface area contributed by atoms with Crippen LogP contribution in [-0.4, -0.2) is 22.6 Å². The molecular weight excluding hydrogens is 206 g/mol. The molecule has 1 aromatic heterocycles. The Morgan fingerprint density at radius 1 is 1.50 bits per heavy atom. The Hall–Kier alpha value is -2.04. The summed E-state index contributed by atoms with van der Waals surface area (Å²) in [6.45, 7) is 0.685. The molecule has 1 aliphatic heterocycles. The number of fused-ring (bicyclic) bond motifs is 3. The van der Waals surface area contributed by atoms with Crippen LogP contribution in [0.4, 0.5) is 5.95 Å². The van der Waals surface area contributed by atoms with Gasteiger partial charge < -0.3 is 9.30 Å². The van der Waals surface area contributed by atoms with Crippen LogP contribution in [0.15, 0.2) is 18.2 Å². The van der Waals surface area contributed by atoms with Crippen molar-refractivity contribution in [2.24, 2.45) is 0 Å². The fourth-order valence-corrected chi connectivity index (χ4v) is 1.96. The number of methoxy groups -OCH3 is 1. The number of benzene rings is 1. The molecule has 3 rings (SSSR count).